The maximum Gasteiger partial charge on any atom is 0.191 e. The zero-order valence-electron chi connectivity index (χ0n) is 15.5. The number of aliphatic imine (C=N–C) groups is 1. The topological polar surface area (TPSA) is 45.7 Å². The van der Waals surface area contributed by atoms with Crippen molar-refractivity contribution in [3.63, 3.8) is 0 Å². The van der Waals surface area contributed by atoms with Crippen LogP contribution in [0.2, 0.25) is 0 Å². The molecule has 3 fully saturated rings. The van der Waals surface area contributed by atoms with Gasteiger partial charge in [-0.2, -0.15) is 11.8 Å². The molecule has 5 heteroatoms. The molecule has 3 unspecified atom stereocenters. The van der Waals surface area contributed by atoms with Gasteiger partial charge in [-0.15, -0.1) is 0 Å². The van der Waals surface area contributed by atoms with Crippen LogP contribution in [-0.4, -0.2) is 49.3 Å². The Labute approximate surface area is 152 Å². The number of fused-ring (bicyclic) bond motifs is 1. The van der Waals surface area contributed by atoms with E-state index >= 15 is 0 Å². The fourth-order valence-electron chi connectivity index (χ4n) is 4.74. The summed E-state index contributed by atoms with van der Waals surface area (Å²) in [7, 11) is 0. The van der Waals surface area contributed by atoms with Crippen molar-refractivity contribution in [2.24, 2.45) is 16.8 Å². The number of ether oxygens (including phenoxy) is 1. The smallest absolute Gasteiger partial charge is 0.191 e. The molecule has 0 amide bonds. The first kappa shape index (κ1) is 18.4. The molecule has 24 heavy (non-hydrogen) atoms. The zero-order chi connectivity index (χ0) is 16.8. The number of guanidine groups is 1. The molecule has 0 aromatic heterocycles. The molecule has 138 valence electrons. The minimum atomic E-state index is 0.268. The number of nitrogens with one attached hydrogen (secondary N) is 2. The predicted molar refractivity (Wildman–Crippen MR) is 104 cm³/mol. The Morgan fingerprint density at radius 2 is 1.96 bits per heavy atom. The zero-order valence-corrected chi connectivity index (χ0v) is 16.3. The second-order valence-corrected chi connectivity index (χ2v) is 9.07. The summed E-state index contributed by atoms with van der Waals surface area (Å²) >= 11 is 1.97. The first-order chi connectivity index (χ1) is 11.7. The lowest BCUT2D eigenvalue weighted by molar-refractivity contribution is 0.0794. The van der Waals surface area contributed by atoms with E-state index in [0.29, 0.717) is 6.04 Å². The summed E-state index contributed by atoms with van der Waals surface area (Å²) in [5.74, 6) is 3.01. The highest BCUT2D eigenvalue weighted by Gasteiger charge is 2.34. The normalized spacial score (nSPS) is 33.1. The molecule has 0 spiro atoms. The van der Waals surface area contributed by atoms with Crippen LogP contribution >= 0.6 is 11.8 Å². The van der Waals surface area contributed by atoms with Crippen LogP contribution in [-0.2, 0) is 4.74 Å². The highest BCUT2D eigenvalue weighted by molar-refractivity contribution is 8.00. The van der Waals surface area contributed by atoms with Crippen molar-refractivity contribution >= 4 is 17.7 Å². The quantitative estimate of drug-likeness (QED) is 0.587. The van der Waals surface area contributed by atoms with Crippen LogP contribution < -0.4 is 10.6 Å². The lowest BCUT2D eigenvalue weighted by atomic mass is 9.79. The largest absolute Gasteiger partial charge is 0.381 e. The van der Waals surface area contributed by atoms with E-state index in [1.807, 2.05) is 11.8 Å². The minimum Gasteiger partial charge on any atom is -0.381 e. The molecule has 3 rings (SSSR count). The molecular weight excluding hydrogens is 318 g/mol. The molecule has 1 saturated heterocycles. The number of rotatable bonds is 5. The molecule has 2 aliphatic carbocycles. The van der Waals surface area contributed by atoms with Crippen LogP contribution in [0.1, 0.15) is 58.3 Å². The third kappa shape index (κ3) is 4.60. The van der Waals surface area contributed by atoms with Gasteiger partial charge < -0.3 is 15.4 Å². The van der Waals surface area contributed by atoms with E-state index in [1.165, 1.54) is 38.5 Å². The summed E-state index contributed by atoms with van der Waals surface area (Å²) in [6.45, 7) is 5.74. The highest BCUT2D eigenvalue weighted by atomic mass is 32.2. The Hall–Kier alpha value is -0.420. The summed E-state index contributed by atoms with van der Waals surface area (Å²) < 4.78 is 5.82. The van der Waals surface area contributed by atoms with Crippen LogP contribution in [0.15, 0.2) is 4.99 Å². The summed E-state index contributed by atoms with van der Waals surface area (Å²) in [4.78, 5) is 4.98. The molecule has 2 saturated carbocycles. The molecule has 0 bridgehead atoms. The summed E-state index contributed by atoms with van der Waals surface area (Å²) in [5, 5.41) is 7.22. The molecule has 0 aromatic carbocycles. The van der Waals surface area contributed by atoms with E-state index < -0.39 is 0 Å². The average molecular weight is 354 g/mol. The second kappa shape index (κ2) is 8.79. The molecule has 0 aromatic rings. The van der Waals surface area contributed by atoms with Crippen LogP contribution in [0, 0.1) is 11.8 Å². The second-order valence-electron chi connectivity index (χ2n) is 7.80. The lowest BCUT2D eigenvalue weighted by Gasteiger charge is -2.35. The SMILES string of the molecule is CCNC(=NCC1(SC)CCOCC1)NC1CCC2CCCC2C1. The van der Waals surface area contributed by atoms with Crippen molar-refractivity contribution in [1.29, 1.82) is 0 Å². The van der Waals surface area contributed by atoms with Crippen molar-refractivity contribution in [2.45, 2.75) is 69.1 Å². The van der Waals surface area contributed by atoms with Crippen LogP contribution in [0.4, 0.5) is 0 Å². The van der Waals surface area contributed by atoms with E-state index in [4.69, 9.17) is 9.73 Å². The van der Waals surface area contributed by atoms with Crippen molar-refractivity contribution < 1.29 is 4.74 Å². The molecule has 4 nitrogen and oxygen atoms in total. The van der Waals surface area contributed by atoms with E-state index in [1.54, 1.807) is 0 Å². The molecule has 1 heterocycles. The predicted octanol–water partition coefficient (Wildman–Crippen LogP) is 3.42. The maximum atomic E-state index is 5.55. The monoisotopic (exact) mass is 353 g/mol. The van der Waals surface area contributed by atoms with Crippen molar-refractivity contribution in [3.05, 3.63) is 0 Å². The summed E-state index contributed by atoms with van der Waals surface area (Å²) in [6, 6.07) is 0.613. The van der Waals surface area contributed by atoms with Crippen molar-refractivity contribution in [3.8, 4) is 0 Å². The first-order valence-corrected chi connectivity index (χ1v) is 11.1. The van der Waals surface area contributed by atoms with Crippen LogP contribution in [0.5, 0.6) is 0 Å². The van der Waals surface area contributed by atoms with Gasteiger partial charge in [-0.25, -0.2) is 0 Å². The molecule has 0 radical (unpaired) electrons. The number of nitrogens with zero attached hydrogens (tertiary/aromatic N) is 1. The fourth-order valence-corrected chi connectivity index (χ4v) is 5.51. The number of thioether (sulfide) groups is 1. The Kier molecular flexibility index (Phi) is 6.73. The van der Waals surface area contributed by atoms with Gasteiger partial charge in [0.05, 0.1) is 6.54 Å². The molecule has 3 aliphatic rings. The van der Waals surface area contributed by atoms with E-state index in [2.05, 4.69) is 23.8 Å². The average Bonchev–Trinajstić information content (AvgIpc) is 3.08. The fraction of sp³-hybridized carbons (Fsp3) is 0.947. The van der Waals surface area contributed by atoms with E-state index in [9.17, 15) is 0 Å². The van der Waals surface area contributed by atoms with Gasteiger partial charge in [-0.3, -0.25) is 4.99 Å². The third-order valence-electron chi connectivity index (χ3n) is 6.34. The van der Waals surface area contributed by atoms with Crippen LogP contribution in [0.3, 0.4) is 0 Å². The van der Waals surface area contributed by atoms with Crippen molar-refractivity contribution in [2.75, 3.05) is 32.6 Å². The Bertz CT molecular complexity index is 423. The van der Waals surface area contributed by atoms with Crippen molar-refractivity contribution in [1.82, 2.24) is 10.6 Å². The van der Waals surface area contributed by atoms with Gasteiger partial charge in [0.1, 0.15) is 0 Å². The number of hydrogen-bond donors (Lipinski definition) is 2. The summed E-state index contributed by atoms with van der Waals surface area (Å²) in [5.41, 5.74) is 0. The maximum absolute atomic E-state index is 5.55. The van der Waals surface area contributed by atoms with Gasteiger partial charge in [0.2, 0.25) is 0 Å². The Balaban J connectivity index is 1.57. The van der Waals surface area contributed by atoms with Gasteiger partial charge in [0.15, 0.2) is 5.96 Å². The van der Waals surface area contributed by atoms with Gasteiger partial charge >= 0.3 is 0 Å². The highest BCUT2D eigenvalue weighted by Crippen LogP contribution is 2.42. The Morgan fingerprint density at radius 3 is 2.71 bits per heavy atom. The Morgan fingerprint density at radius 1 is 1.17 bits per heavy atom. The van der Waals surface area contributed by atoms with Gasteiger partial charge in [-0.05, 0) is 57.1 Å². The third-order valence-corrected chi connectivity index (χ3v) is 7.74. The van der Waals surface area contributed by atoms with Gasteiger partial charge in [0, 0.05) is 30.5 Å². The minimum absolute atomic E-state index is 0.268. The van der Waals surface area contributed by atoms with E-state index in [-0.39, 0.29) is 4.75 Å². The molecular formula is C19H35N3OS. The standard InChI is InChI=1S/C19H35N3OS/c1-3-20-18(21-14-19(24-2)9-11-23-12-10-19)22-17-8-7-15-5-4-6-16(15)13-17/h15-17H,3-14H2,1-2H3,(H2,20,21,22). The molecule has 3 atom stereocenters. The summed E-state index contributed by atoms with van der Waals surface area (Å²) in [6.07, 6.45) is 12.9. The number of hydrogen-bond acceptors (Lipinski definition) is 3. The first-order valence-electron chi connectivity index (χ1n) is 9.92. The van der Waals surface area contributed by atoms with E-state index in [0.717, 1.165) is 56.9 Å². The van der Waals surface area contributed by atoms with Gasteiger partial charge in [-0.1, -0.05) is 19.3 Å². The lowest BCUT2D eigenvalue weighted by Crippen LogP contribution is -2.47. The van der Waals surface area contributed by atoms with Crippen LogP contribution in [0.25, 0.3) is 0 Å². The van der Waals surface area contributed by atoms with Gasteiger partial charge in [0.25, 0.3) is 0 Å². The molecule has 2 N–H and O–H groups in total. The molecule has 1 aliphatic heterocycles.